The number of halogens is 2. The number of nitrogen functional groups attached to an aromatic ring is 1. The third-order valence-corrected chi connectivity index (χ3v) is 2.05. The molecule has 1 rings (SSSR count). The van der Waals surface area contributed by atoms with E-state index in [1.165, 1.54) is 6.08 Å². The van der Waals surface area contributed by atoms with Gasteiger partial charge in [0.05, 0.1) is 5.56 Å². The van der Waals surface area contributed by atoms with E-state index in [2.05, 4.69) is 11.9 Å². The van der Waals surface area contributed by atoms with Crippen molar-refractivity contribution in [3.05, 3.63) is 42.0 Å². The minimum atomic E-state index is -1.11. The fourth-order valence-electron chi connectivity index (χ4n) is 1.10. The Labute approximate surface area is 91.9 Å². The minimum absolute atomic E-state index is 0.0902. The third-order valence-electron chi connectivity index (χ3n) is 2.05. The molecule has 86 valence electrons. The number of nitrogens with two attached hydrogens (primary N) is 1. The van der Waals surface area contributed by atoms with Crippen molar-refractivity contribution in [2.24, 2.45) is 0 Å². The lowest BCUT2D eigenvalue weighted by Crippen LogP contribution is -2.31. The second-order valence-corrected chi connectivity index (χ2v) is 3.35. The predicted octanol–water partition coefficient (Wildman–Crippen LogP) is 1.85. The lowest BCUT2D eigenvalue weighted by molar-refractivity contribution is 0.0947. The van der Waals surface area contributed by atoms with E-state index in [0.717, 1.165) is 12.1 Å². The summed E-state index contributed by atoms with van der Waals surface area (Å²) in [5, 5.41) is 2.51. The average Bonchev–Trinajstić information content (AvgIpc) is 2.23. The van der Waals surface area contributed by atoms with Crippen LogP contribution in [0.5, 0.6) is 0 Å². The van der Waals surface area contributed by atoms with Gasteiger partial charge in [-0.25, -0.2) is 8.78 Å². The average molecular weight is 226 g/mol. The Balaban J connectivity index is 3.00. The molecule has 0 saturated heterocycles. The normalized spacial score (nSPS) is 11.9. The quantitative estimate of drug-likeness (QED) is 0.610. The van der Waals surface area contributed by atoms with Crippen molar-refractivity contribution in [3.8, 4) is 0 Å². The van der Waals surface area contributed by atoms with Crippen LogP contribution in [0.2, 0.25) is 0 Å². The molecule has 3 nitrogen and oxygen atoms in total. The lowest BCUT2D eigenvalue weighted by atomic mass is 10.1. The molecular weight excluding hydrogens is 214 g/mol. The fourth-order valence-corrected chi connectivity index (χ4v) is 1.10. The Morgan fingerprint density at radius 3 is 2.62 bits per heavy atom. The van der Waals surface area contributed by atoms with Crippen molar-refractivity contribution >= 4 is 11.6 Å². The second kappa shape index (κ2) is 4.74. The summed E-state index contributed by atoms with van der Waals surface area (Å²) in [4.78, 5) is 11.6. The first-order valence-electron chi connectivity index (χ1n) is 4.63. The molecule has 5 heteroatoms. The number of nitrogens with one attached hydrogen (secondary N) is 1. The van der Waals surface area contributed by atoms with Gasteiger partial charge in [0, 0.05) is 17.8 Å². The van der Waals surface area contributed by atoms with Gasteiger partial charge in [-0.1, -0.05) is 6.08 Å². The molecule has 16 heavy (non-hydrogen) atoms. The molecule has 0 aliphatic heterocycles. The number of hydrogen-bond acceptors (Lipinski definition) is 2. The zero-order valence-corrected chi connectivity index (χ0v) is 8.76. The maximum absolute atomic E-state index is 12.9. The van der Waals surface area contributed by atoms with Crippen molar-refractivity contribution in [2.75, 3.05) is 5.73 Å². The highest BCUT2D eigenvalue weighted by Crippen LogP contribution is 2.16. The highest BCUT2D eigenvalue weighted by atomic mass is 19.2. The van der Waals surface area contributed by atoms with Gasteiger partial charge >= 0.3 is 0 Å². The SMILES string of the molecule is C=CC(C)NC(=O)c1cc(F)c(F)cc1N. The summed E-state index contributed by atoms with van der Waals surface area (Å²) in [6, 6.07) is 1.28. The standard InChI is InChI=1S/C11H12F2N2O/c1-3-6(2)15-11(16)7-4-8(12)9(13)5-10(7)14/h3-6H,1,14H2,2H3,(H,15,16). The molecule has 1 unspecified atom stereocenters. The summed E-state index contributed by atoms with van der Waals surface area (Å²) in [7, 11) is 0. The Morgan fingerprint density at radius 1 is 1.50 bits per heavy atom. The van der Waals surface area contributed by atoms with Crippen LogP contribution in [0, 0.1) is 11.6 Å². The number of hydrogen-bond donors (Lipinski definition) is 2. The van der Waals surface area contributed by atoms with E-state index in [1.54, 1.807) is 6.92 Å². The zero-order valence-electron chi connectivity index (χ0n) is 8.76. The highest BCUT2D eigenvalue weighted by Gasteiger charge is 2.14. The smallest absolute Gasteiger partial charge is 0.253 e. The first-order valence-corrected chi connectivity index (χ1v) is 4.63. The van der Waals surface area contributed by atoms with Gasteiger partial charge < -0.3 is 11.1 Å². The topological polar surface area (TPSA) is 55.1 Å². The van der Waals surface area contributed by atoms with Gasteiger partial charge in [0.2, 0.25) is 0 Å². The molecule has 0 aliphatic rings. The van der Waals surface area contributed by atoms with Crippen LogP contribution in [0.4, 0.5) is 14.5 Å². The van der Waals surface area contributed by atoms with Gasteiger partial charge in [-0.3, -0.25) is 4.79 Å². The molecule has 0 heterocycles. The van der Waals surface area contributed by atoms with Gasteiger partial charge in [-0.15, -0.1) is 6.58 Å². The predicted molar refractivity (Wildman–Crippen MR) is 57.9 cm³/mol. The van der Waals surface area contributed by atoms with Crippen molar-refractivity contribution in [2.45, 2.75) is 13.0 Å². The monoisotopic (exact) mass is 226 g/mol. The van der Waals surface area contributed by atoms with E-state index in [-0.39, 0.29) is 17.3 Å². The minimum Gasteiger partial charge on any atom is -0.398 e. The van der Waals surface area contributed by atoms with Gasteiger partial charge in [0.1, 0.15) is 0 Å². The summed E-state index contributed by atoms with van der Waals surface area (Å²) in [5.41, 5.74) is 5.22. The fraction of sp³-hybridized carbons (Fsp3) is 0.182. The molecule has 0 spiro atoms. The van der Waals surface area contributed by atoms with Crippen LogP contribution in [0.3, 0.4) is 0 Å². The first-order chi connectivity index (χ1) is 7.45. The number of anilines is 1. The van der Waals surface area contributed by atoms with Crippen LogP contribution >= 0.6 is 0 Å². The van der Waals surface area contributed by atoms with Crippen LogP contribution in [-0.2, 0) is 0 Å². The van der Waals surface area contributed by atoms with E-state index < -0.39 is 17.5 Å². The molecule has 0 aliphatic carbocycles. The van der Waals surface area contributed by atoms with E-state index in [9.17, 15) is 13.6 Å². The van der Waals surface area contributed by atoms with Gasteiger partial charge in [-0.05, 0) is 13.0 Å². The molecule has 3 N–H and O–H groups in total. The van der Waals surface area contributed by atoms with Crippen LogP contribution in [-0.4, -0.2) is 11.9 Å². The van der Waals surface area contributed by atoms with Crippen LogP contribution in [0.15, 0.2) is 24.8 Å². The summed E-state index contributed by atoms with van der Waals surface area (Å²) in [5.74, 6) is -2.75. The van der Waals surface area contributed by atoms with Gasteiger partial charge in [-0.2, -0.15) is 0 Å². The molecular formula is C11H12F2N2O. The molecule has 0 aromatic heterocycles. The van der Waals surface area contributed by atoms with Crippen molar-refractivity contribution in [1.29, 1.82) is 0 Å². The Kier molecular flexibility index (Phi) is 3.60. The van der Waals surface area contributed by atoms with Gasteiger partial charge in [0.15, 0.2) is 11.6 Å². The van der Waals surface area contributed by atoms with E-state index in [0.29, 0.717) is 0 Å². The number of carbonyl (C=O) groups excluding carboxylic acids is 1. The molecule has 0 radical (unpaired) electrons. The second-order valence-electron chi connectivity index (χ2n) is 3.35. The van der Waals surface area contributed by atoms with Crippen LogP contribution in [0.25, 0.3) is 0 Å². The number of rotatable bonds is 3. The molecule has 1 atom stereocenters. The highest BCUT2D eigenvalue weighted by molar-refractivity contribution is 5.99. The van der Waals surface area contributed by atoms with E-state index in [1.807, 2.05) is 0 Å². The first kappa shape index (κ1) is 12.2. The molecule has 0 bridgehead atoms. The zero-order chi connectivity index (χ0) is 12.3. The Bertz CT molecular complexity index is 432. The molecule has 0 saturated carbocycles. The maximum atomic E-state index is 12.9. The van der Waals surface area contributed by atoms with Crippen LogP contribution < -0.4 is 11.1 Å². The summed E-state index contributed by atoms with van der Waals surface area (Å²) >= 11 is 0. The molecule has 1 aromatic carbocycles. The summed E-state index contributed by atoms with van der Waals surface area (Å²) in [6.45, 7) is 5.18. The number of amides is 1. The Hall–Kier alpha value is -1.91. The van der Waals surface area contributed by atoms with Crippen molar-refractivity contribution in [3.63, 3.8) is 0 Å². The molecule has 0 fully saturated rings. The largest absolute Gasteiger partial charge is 0.398 e. The number of carbonyl (C=O) groups is 1. The van der Waals surface area contributed by atoms with E-state index in [4.69, 9.17) is 5.73 Å². The maximum Gasteiger partial charge on any atom is 0.253 e. The van der Waals surface area contributed by atoms with Crippen LogP contribution in [0.1, 0.15) is 17.3 Å². The third kappa shape index (κ3) is 2.56. The molecule has 1 amide bonds. The summed E-state index contributed by atoms with van der Waals surface area (Å²) in [6.07, 6.45) is 1.51. The van der Waals surface area contributed by atoms with Crippen molar-refractivity contribution < 1.29 is 13.6 Å². The Morgan fingerprint density at radius 2 is 2.06 bits per heavy atom. The summed E-state index contributed by atoms with van der Waals surface area (Å²) < 4.78 is 25.7. The van der Waals surface area contributed by atoms with Crippen molar-refractivity contribution in [1.82, 2.24) is 5.32 Å². The molecule has 1 aromatic rings. The lowest BCUT2D eigenvalue weighted by Gasteiger charge is -2.11. The van der Waals surface area contributed by atoms with E-state index >= 15 is 0 Å². The van der Waals surface area contributed by atoms with Gasteiger partial charge in [0.25, 0.3) is 5.91 Å². The number of benzene rings is 1.